The van der Waals surface area contributed by atoms with E-state index in [9.17, 15) is 9.59 Å². The number of fused-ring (bicyclic) bond motifs is 1. The van der Waals surface area contributed by atoms with Crippen molar-refractivity contribution in [1.82, 2.24) is 0 Å². The molecule has 2 atom stereocenters. The van der Waals surface area contributed by atoms with Gasteiger partial charge in [-0.3, -0.25) is 9.59 Å². The maximum absolute atomic E-state index is 13.4. The third kappa shape index (κ3) is 3.83. The van der Waals surface area contributed by atoms with Gasteiger partial charge in [0.1, 0.15) is 6.54 Å². The number of benzene rings is 1. The van der Waals surface area contributed by atoms with Gasteiger partial charge in [-0.1, -0.05) is 38.1 Å². The molecule has 5 nitrogen and oxygen atoms in total. The number of hydrogen-bond donors (Lipinski definition) is 1. The first-order valence-electron chi connectivity index (χ1n) is 10.5. The first-order valence-corrected chi connectivity index (χ1v) is 10.5. The lowest BCUT2D eigenvalue weighted by Gasteiger charge is -2.41. The molecule has 0 aromatic heterocycles. The van der Waals surface area contributed by atoms with Gasteiger partial charge in [0.25, 0.3) is 0 Å². The number of para-hydroxylation sites is 2. The molecule has 3 aliphatic rings. The molecule has 0 saturated carbocycles. The normalized spacial score (nSPS) is 25.6. The van der Waals surface area contributed by atoms with Gasteiger partial charge >= 0.3 is 5.97 Å². The quantitative estimate of drug-likeness (QED) is 0.606. The number of hydrogen-bond acceptors (Lipinski definition) is 5. The average Bonchev–Trinajstić information content (AvgIpc) is 2.82. The van der Waals surface area contributed by atoms with E-state index in [4.69, 9.17) is 4.74 Å². The monoisotopic (exact) mass is 394 g/mol. The van der Waals surface area contributed by atoms with Gasteiger partial charge in [-0.15, -0.1) is 0 Å². The van der Waals surface area contributed by atoms with E-state index in [2.05, 4.69) is 36.2 Å². The summed E-state index contributed by atoms with van der Waals surface area (Å²) in [6.07, 6.45) is 8.72. The maximum Gasteiger partial charge on any atom is 0.325 e. The first-order chi connectivity index (χ1) is 13.9. The van der Waals surface area contributed by atoms with Crippen LogP contribution in [0.5, 0.6) is 0 Å². The number of carbonyl (C=O) groups is 2. The summed E-state index contributed by atoms with van der Waals surface area (Å²) in [7, 11) is 1.42. The molecule has 0 radical (unpaired) electrons. The van der Waals surface area contributed by atoms with Gasteiger partial charge in [0.05, 0.1) is 24.5 Å². The molecule has 1 aliphatic heterocycles. The lowest BCUT2D eigenvalue weighted by atomic mass is 9.71. The van der Waals surface area contributed by atoms with Gasteiger partial charge in [-0.05, 0) is 49.1 Å². The van der Waals surface area contributed by atoms with Gasteiger partial charge in [-0.25, -0.2) is 0 Å². The number of esters is 1. The maximum atomic E-state index is 13.4. The predicted molar refractivity (Wildman–Crippen MR) is 115 cm³/mol. The molecule has 2 aliphatic carbocycles. The van der Waals surface area contributed by atoms with Crippen molar-refractivity contribution in [3.05, 3.63) is 47.7 Å². The van der Waals surface area contributed by atoms with Crippen LogP contribution in [0.4, 0.5) is 11.4 Å². The molecule has 2 unspecified atom stereocenters. The molecular formula is C24H30N2O3. The number of Topliss-reactive ketones (excluding diaryl/α,β-unsaturated/α-hetero) is 1. The Balaban J connectivity index is 1.89. The van der Waals surface area contributed by atoms with Crippen LogP contribution in [0.3, 0.4) is 0 Å². The van der Waals surface area contributed by atoms with E-state index in [1.807, 2.05) is 24.3 Å². The lowest BCUT2D eigenvalue weighted by Crippen LogP contribution is -2.48. The topological polar surface area (TPSA) is 58.6 Å². The number of methoxy groups -OCH3 is 1. The number of nitrogens with zero attached hydrogens (tertiary/aromatic N) is 1. The standard InChI is InChI=1S/C24H30N2O3/c1-24(2)13-18-22(20(27)14-24)23(16-9-5-4-6-10-16)26(15-21(28)29-3)19-12-8-7-11-17(19)25-18/h4-5,7-8,11-12,16,23,25H,6,9-10,13-15H2,1-3H3. The highest BCUT2D eigenvalue weighted by Crippen LogP contribution is 2.46. The Kier molecular flexibility index (Phi) is 5.24. The molecule has 1 heterocycles. The smallest absolute Gasteiger partial charge is 0.325 e. The van der Waals surface area contributed by atoms with Crippen LogP contribution in [0, 0.1) is 11.3 Å². The Bertz CT molecular complexity index is 884. The molecule has 0 spiro atoms. The summed E-state index contributed by atoms with van der Waals surface area (Å²) < 4.78 is 5.02. The summed E-state index contributed by atoms with van der Waals surface area (Å²) in [5, 5.41) is 3.58. The fourth-order valence-corrected chi connectivity index (χ4v) is 5.07. The summed E-state index contributed by atoms with van der Waals surface area (Å²) in [5.74, 6) is 0.197. The zero-order chi connectivity index (χ0) is 20.6. The molecule has 0 amide bonds. The van der Waals surface area contributed by atoms with Crippen molar-refractivity contribution in [1.29, 1.82) is 0 Å². The second-order valence-electron chi connectivity index (χ2n) is 9.17. The highest BCUT2D eigenvalue weighted by atomic mass is 16.5. The predicted octanol–water partition coefficient (Wildman–Crippen LogP) is 4.46. The third-order valence-electron chi connectivity index (χ3n) is 6.33. The van der Waals surface area contributed by atoms with Crippen molar-refractivity contribution in [3.63, 3.8) is 0 Å². The highest BCUT2D eigenvalue weighted by molar-refractivity contribution is 6.01. The number of carbonyl (C=O) groups excluding carboxylic acids is 2. The van der Waals surface area contributed by atoms with Crippen LogP contribution in [-0.2, 0) is 14.3 Å². The number of rotatable bonds is 3. The fraction of sp³-hybridized carbons (Fsp3) is 0.500. The summed E-state index contributed by atoms with van der Waals surface area (Å²) in [6, 6.07) is 7.90. The Morgan fingerprint density at radius 1 is 1.24 bits per heavy atom. The number of allylic oxidation sites excluding steroid dienone is 3. The number of ketones is 1. The highest BCUT2D eigenvalue weighted by Gasteiger charge is 2.43. The van der Waals surface area contributed by atoms with Crippen LogP contribution in [0.2, 0.25) is 0 Å². The van der Waals surface area contributed by atoms with E-state index in [1.54, 1.807) is 0 Å². The number of anilines is 2. The molecule has 29 heavy (non-hydrogen) atoms. The Labute approximate surface area is 172 Å². The largest absolute Gasteiger partial charge is 0.468 e. The van der Waals surface area contributed by atoms with Crippen LogP contribution >= 0.6 is 0 Å². The third-order valence-corrected chi connectivity index (χ3v) is 6.33. The van der Waals surface area contributed by atoms with Gasteiger partial charge in [0.15, 0.2) is 5.78 Å². The van der Waals surface area contributed by atoms with Crippen molar-refractivity contribution >= 4 is 23.1 Å². The van der Waals surface area contributed by atoms with Crippen molar-refractivity contribution in [2.24, 2.45) is 11.3 Å². The number of nitrogens with one attached hydrogen (secondary N) is 1. The minimum Gasteiger partial charge on any atom is -0.468 e. The van der Waals surface area contributed by atoms with E-state index in [1.165, 1.54) is 7.11 Å². The van der Waals surface area contributed by atoms with Crippen LogP contribution < -0.4 is 10.2 Å². The molecule has 5 heteroatoms. The zero-order valence-electron chi connectivity index (χ0n) is 17.5. The van der Waals surface area contributed by atoms with E-state index in [0.717, 1.165) is 48.3 Å². The molecule has 4 rings (SSSR count). The Morgan fingerprint density at radius 2 is 2.03 bits per heavy atom. The molecule has 0 saturated heterocycles. The lowest BCUT2D eigenvalue weighted by molar-refractivity contribution is -0.139. The fourth-order valence-electron chi connectivity index (χ4n) is 5.07. The summed E-state index contributed by atoms with van der Waals surface area (Å²) >= 11 is 0. The minimum atomic E-state index is -0.288. The second-order valence-corrected chi connectivity index (χ2v) is 9.17. The molecule has 0 fully saturated rings. The van der Waals surface area contributed by atoms with E-state index < -0.39 is 0 Å². The first kappa shape index (κ1) is 19.7. The van der Waals surface area contributed by atoms with Crippen LogP contribution in [-0.4, -0.2) is 31.4 Å². The Hall–Kier alpha value is -2.56. The van der Waals surface area contributed by atoms with Crippen LogP contribution in [0.25, 0.3) is 0 Å². The molecule has 1 aromatic rings. The van der Waals surface area contributed by atoms with Crippen LogP contribution in [0.1, 0.15) is 46.0 Å². The SMILES string of the molecule is COC(=O)CN1c2ccccc2NC2=C(C(=O)CC(C)(C)C2)C1C1CC=CCC1. The summed E-state index contributed by atoms with van der Waals surface area (Å²) in [5.41, 5.74) is 3.71. The number of ether oxygens (including phenoxy) is 1. The summed E-state index contributed by atoms with van der Waals surface area (Å²) in [4.78, 5) is 27.9. The molecule has 1 N–H and O–H groups in total. The minimum absolute atomic E-state index is 0.0770. The van der Waals surface area contributed by atoms with Crippen molar-refractivity contribution in [2.75, 3.05) is 23.9 Å². The zero-order valence-corrected chi connectivity index (χ0v) is 17.5. The van der Waals surface area contributed by atoms with Gasteiger partial charge in [0.2, 0.25) is 0 Å². The van der Waals surface area contributed by atoms with E-state index in [-0.39, 0.29) is 35.7 Å². The second kappa shape index (κ2) is 7.69. The Morgan fingerprint density at radius 3 is 2.76 bits per heavy atom. The van der Waals surface area contributed by atoms with E-state index in [0.29, 0.717) is 6.42 Å². The average molecular weight is 395 g/mol. The molecule has 1 aromatic carbocycles. The summed E-state index contributed by atoms with van der Waals surface area (Å²) in [6.45, 7) is 4.43. The van der Waals surface area contributed by atoms with Crippen molar-refractivity contribution in [3.8, 4) is 0 Å². The van der Waals surface area contributed by atoms with Crippen molar-refractivity contribution in [2.45, 2.75) is 52.0 Å². The van der Waals surface area contributed by atoms with Crippen molar-refractivity contribution < 1.29 is 14.3 Å². The van der Waals surface area contributed by atoms with Crippen LogP contribution in [0.15, 0.2) is 47.7 Å². The molecule has 154 valence electrons. The molecular weight excluding hydrogens is 364 g/mol. The van der Waals surface area contributed by atoms with Gasteiger partial charge in [-0.2, -0.15) is 0 Å². The molecule has 0 bridgehead atoms. The van der Waals surface area contributed by atoms with E-state index >= 15 is 0 Å². The van der Waals surface area contributed by atoms with Gasteiger partial charge in [0, 0.05) is 17.7 Å². The van der Waals surface area contributed by atoms with Gasteiger partial charge < -0.3 is 15.0 Å².